The summed E-state index contributed by atoms with van der Waals surface area (Å²) < 4.78 is 0. The second kappa shape index (κ2) is 6.46. The summed E-state index contributed by atoms with van der Waals surface area (Å²) in [5, 5.41) is 7.46. The van der Waals surface area contributed by atoms with Crippen LogP contribution in [0.25, 0.3) is 21.7 Å². The third-order valence-electron chi connectivity index (χ3n) is 5.34. The highest BCUT2D eigenvalue weighted by Gasteiger charge is 2.22. The molecule has 0 spiro atoms. The highest BCUT2D eigenvalue weighted by atomic mass is 15.2. The summed E-state index contributed by atoms with van der Waals surface area (Å²) in [6.45, 7) is 3.21. The summed E-state index contributed by atoms with van der Waals surface area (Å²) in [5.74, 6) is 0. The molecule has 0 bridgehead atoms. The Morgan fingerprint density at radius 3 is 3.12 bits per heavy atom. The lowest BCUT2D eigenvalue weighted by Crippen LogP contribution is -2.26. The molecule has 0 aliphatic carbocycles. The second-order valence-corrected chi connectivity index (χ2v) is 7.17. The molecule has 5 rings (SSSR count). The molecule has 0 radical (unpaired) electrons. The van der Waals surface area contributed by atoms with Crippen molar-refractivity contribution < 1.29 is 0 Å². The van der Waals surface area contributed by atoms with E-state index in [1.165, 1.54) is 39.3 Å². The number of benzene rings is 2. The minimum absolute atomic E-state index is 0.489. The second-order valence-electron chi connectivity index (χ2n) is 7.17. The lowest BCUT2D eigenvalue weighted by Gasteiger charge is -2.18. The van der Waals surface area contributed by atoms with Crippen LogP contribution in [0.3, 0.4) is 0 Å². The zero-order chi connectivity index (χ0) is 17.3. The lowest BCUT2D eigenvalue weighted by molar-refractivity contribution is 0.329. The number of pyridine rings is 1. The molecule has 0 unspecified atom stereocenters. The molecule has 1 fully saturated rings. The van der Waals surface area contributed by atoms with E-state index in [1.54, 1.807) is 0 Å². The van der Waals surface area contributed by atoms with Gasteiger partial charge in [0.15, 0.2) is 0 Å². The van der Waals surface area contributed by atoms with Crippen molar-refractivity contribution in [2.75, 3.05) is 18.4 Å². The number of H-pyrrole nitrogens is 1. The molecule has 0 saturated carbocycles. The van der Waals surface area contributed by atoms with Gasteiger partial charge in [0.2, 0.25) is 0 Å². The van der Waals surface area contributed by atoms with Crippen molar-refractivity contribution >= 4 is 27.4 Å². The van der Waals surface area contributed by atoms with Gasteiger partial charge in [-0.3, -0.25) is 9.88 Å². The molecular weight excluding hydrogens is 320 g/mol. The lowest BCUT2D eigenvalue weighted by atomic mass is 10.1. The van der Waals surface area contributed by atoms with Crippen LogP contribution in [0.2, 0.25) is 0 Å². The van der Waals surface area contributed by atoms with Gasteiger partial charge in [-0.15, -0.1) is 0 Å². The summed E-state index contributed by atoms with van der Waals surface area (Å²) in [4.78, 5) is 10.1. The number of nitrogens with zero attached hydrogens (tertiary/aromatic N) is 2. The number of aromatic nitrogens is 2. The number of likely N-dealkylation sites (tertiary alicyclic amines) is 1. The van der Waals surface area contributed by atoms with E-state index in [4.69, 9.17) is 0 Å². The fourth-order valence-corrected chi connectivity index (χ4v) is 4.01. The van der Waals surface area contributed by atoms with Gasteiger partial charge in [0.05, 0.1) is 0 Å². The van der Waals surface area contributed by atoms with Crippen LogP contribution in [0.5, 0.6) is 0 Å². The van der Waals surface area contributed by atoms with Crippen LogP contribution in [0, 0.1) is 0 Å². The van der Waals surface area contributed by atoms with Crippen molar-refractivity contribution in [2.45, 2.75) is 19.0 Å². The molecule has 26 heavy (non-hydrogen) atoms. The first kappa shape index (κ1) is 15.4. The molecule has 2 aromatic heterocycles. The molecule has 1 aliphatic rings. The number of aromatic amines is 1. The van der Waals surface area contributed by atoms with E-state index in [2.05, 4.69) is 68.7 Å². The van der Waals surface area contributed by atoms with Crippen molar-refractivity contribution in [2.24, 2.45) is 0 Å². The van der Waals surface area contributed by atoms with E-state index < -0.39 is 0 Å². The Hall–Kier alpha value is -2.85. The van der Waals surface area contributed by atoms with E-state index in [0.717, 1.165) is 19.6 Å². The van der Waals surface area contributed by atoms with Gasteiger partial charge in [-0.25, -0.2) is 0 Å². The van der Waals surface area contributed by atoms with E-state index in [-0.39, 0.29) is 0 Å². The van der Waals surface area contributed by atoms with E-state index in [1.807, 2.05) is 18.6 Å². The van der Waals surface area contributed by atoms with Crippen molar-refractivity contribution in [1.82, 2.24) is 14.9 Å². The fraction of sp³-hybridized carbons (Fsp3) is 0.227. The molecule has 4 aromatic rings. The summed E-state index contributed by atoms with van der Waals surface area (Å²) >= 11 is 0. The summed E-state index contributed by atoms with van der Waals surface area (Å²) in [6.07, 6.45) is 6.97. The summed E-state index contributed by atoms with van der Waals surface area (Å²) in [6, 6.07) is 17.8. The SMILES string of the molecule is c1cc(N[C@@H]2CCN(Cc3ccc4cc[nH]c4c3)C2)c2ccncc2c1. The van der Waals surface area contributed by atoms with Crippen molar-refractivity contribution in [3.8, 4) is 0 Å². The Balaban J connectivity index is 1.28. The molecule has 1 atom stereocenters. The molecule has 2 aromatic carbocycles. The molecule has 4 nitrogen and oxygen atoms in total. The minimum Gasteiger partial charge on any atom is -0.380 e. The number of nitrogens with one attached hydrogen (secondary N) is 2. The van der Waals surface area contributed by atoms with Crippen molar-refractivity contribution in [3.05, 3.63) is 72.7 Å². The first-order chi connectivity index (χ1) is 12.8. The predicted molar refractivity (Wildman–Crippen MR) is 107 cm³/mol. The third kappa shape index (κ3) is 2.93. The molecule has 4 heteroatoms. The average molecular weight is 342 g/mol. The van der Waals surface area contributed by atoms with Crippen LogP contribution >= 0.6 is 0 Å². The Morgan fingerprint density at radius 2 is 2.12 bits per heavy atom. The maximum atomic E-state index is 4.22. The predicted octanol–water partition coefficient (Wildman–Crippen LogP) is 4.40. The van der Waals surface area contributed by atoms with Gasteiger partial charge >= 0.3 is 0 Å². The van der Waals surface area contributed by atoms with Crippen LogP contribution in [0.1, 0.15) is 12.0 Å². The van der Waals surface area contributed by atoms with Crippen molar-refractivity contribution in [3.63, 3.8) is 0 Å². The minimum atomic E-state index is 0.489. The number of anilines is 1. The fourth-order valence-electron chi connectivity index (χ4n) is 4.01. The van der Waals surface area contributed by atoms with Gasteiger partial charge in [-0.05, 0) is 41.6 Å². The maximum Gasteiger partial charge on any atom is 0.0457 e. The van der Waals surface area contributed by atoms with Gasteiger partial charge < -0.3 is 10.3 Å². The topological polar surface area (TPSA) is 44.0 Å². The van der Waals surface area contributed by atoms with Gasteiger partial charge in [0, 0.05) is 66.2 Å². The molecule has 0 amide bonds. The quantitative estimate of drug-likeness (QED) is 0.578. The first-order valence-corrected chi connectivity index (χ1v) is 9.23. The largest absolute Gasteiger partial charge is 0.380 e. The smallest absolute Gasteiger partial charge is 0.0457 e. The van der Waals surface area contributed by atoms with Crippen LogP contribution in [0.4, 0.5) is 5.69 Å². The van der Waals surface area contributed by atoms with Gasteiger partial charge in [0.25, 0.3) is 0 Å². The van der Waals surface area contributed by atoms with Gasteiger partial charge in [-0.2, -0.15) is 0 Å². The highest BCUT2D eigenvalue weighted by molar-refractivity contribution is 5.93. The Bertz CT molecular complexity index is 1050. The van der Waals surface area contributed by atoms with Crippen LogP contribution < -0.4 is 5.32 Å². The Kier molecular flexibility index (Phi) is 3.83. The van der Waals surface area contributed by atoms with Gasteiger partial charge in [-0.1, -0.05) is 24.3 Å². The molecule has 2 N–H and O–H groups in total. The first-order valence-electron chi connectivity index (χ1n) is 9.23. The third-order valence-corrected chi connectivity index (χ3v) is 5.34. The monoisotopic (exact) mass is 342 g/mol. The zero-order valence-corrected chi connectivity index (χ0v) is 14.7. The highest BCUT2D eigenvalue weighted by Crippen LogP contribution is 2.25. The van der Waals surface area contributed by atoms with Crippen LogP contribution in [-0.4, -0.2) is 34.0 Å². The standard InChI is InChI=1S/C22H22N4/c1-2-18-13-23-9-7-20(18)21(3-1)25-19-8-11-26(15-19)14-16-4-5-17-6-10-24-22(17)12-16/h1-7,9-10,12-13,19,24-25H,8,11,14-15H2/t19-/m1/s1. The average Bonchev–Trinajstić information content (AvgIpc) is 3.31. The van der Waals surface area contributed by atoms with E-state index in [0.29, 0.717) is 6.04 Å². The molecular formula is C22H22N4. The van der Waals surface area contributed by atoms with Gasteiger partial charge in [0.1, 0.15) is 0 Å². The number of rotatable bonds is 4. The van der Waals surface area contributed by atoms with E-state index in [9.17, 15) is 0 Å². The number of hydrogen-bond acceptors (Lipinski definition) is 3. The summed E-state index contributed by atoms with van der Waals surface area (Å²) in [7, 11) is 0. The van der Waals surface area contributed by atoms with E-state index >= 15 is 0 Å². The molecule has 3 heterocycles. The number of fused-ring (bicyclic) bond motifs is 2. The zero-order valence-electron chi connectivity index (χ0n) is 14.7. The van der Waals surface area contributed by atoms with Crippen LogP contribution in [0.15, 0.2) is 67.1 Å². The molecule has 1 saturated heterocycles. The number of hydrogen-bond donors (Lipinski definition) is 2. The Morgan fingerprint density at radius 1 is 1.12 bits per heavy atom. The summed E-state index contributed by atoms with van der Waals surface area (Å²) in [5.41, 5.74) is 3.81. The Labute approximate surface area is 152 Å². The molecule has 1 aliphatic heterocycles. The van der Waals surface area contributed by atoms with Crippen molar-refractivity contribution in [1.29, 1.82) is 0 Å². The normalized spacial score (nSPS) is 17.9. The molecule has 130 valence electrons. The van der Waals surface area contributed by atoms with Crippen LogP contribution in [-0.2, 0) is 6.54 Å². The maximum absolute atomic E-state index is 4.22.